The SMILES string of the molecule is CC1(NC(=O)c2ccc3c(c2)[C@](C)(F)C(=O)N3c2cccc(OC(F)F)c2)CS(=O)(=O)C1. The van der Waals surface area contributed by atoms with Gasteiger partial charge in [0.2, 0.25) is 5.67 Å². The maximum Gasteiger partial charge on any atom is 0.387 e. The van der Waals surface area contributed by atoms with Crippen LogP contribution in [0.25, 0.3) is 0 Å². The second-order valence-corrected chi connectivity index (χ2v) is 10.4. The molecule has 7 nitrogen and oxygen atoms in total. The molecule has 4 rings (SSSR count). The van der Waals surface area contributed by atoms with Gasteiger partial charge >= 0.3 is 6.61 Å². The lowest BCUT2D eigenvalue weighted by Gasteiger charge is -2.38. The van der Waals surface area contributed by atoms with Gasteiger partial charge in [0.1, 0.15) is 5.75 Å². The minimum Gasteiger partial charge on any atom is -0.435 e. The standard InChI is InChI=1S/C21H19F3N2O5S/c1-20(10-32(29,30)11-20)25-17(27)12-6-7-16-15(8-12)21(2,24)18(28)26(16)13-4-3-5-14(9-13)31-19(22)23/h3-9,19H,10-11H2,1-2H3,(H,25,27)/t21-/m0/s1. The maximum atomic E-state index is 15.5. The van der Waals surface area contributed by atoms with E-state index in [1.165, 1.54) is 42.5 Å². The van der Waals surface area contributed by atoms with Crippen LogP contribution in [0.15, 0.2) is 42.5 Å². The second kappa shape index (κ2) is 7.22. The Labute approximate surface area is 182 Å². The molecule has 2 aliphatic rings. The van der Waals surface area contributed by atoms with Gasteiger partial charge in [0, 0.05) is 17.2 Å². The predicted molar refractivity (Wildman–Crippen MR) is 110 cm³/mol. The molecule has 2 amide bonds. The van der Waals surface area contributed by atoms with Crippen molar-refractivity contribution >= 4 is 33.0 Å². The summed E-state index contributed by atoms with van der Waals surface area (Å²) in [5.41, 5.74) is -3.12. The van der Waals surface area contributed by atoms with Crippen molar-refractivity contribution in [1.29, 1.82) is 0 Å². The van der Waals surface area contributed by atoms with Crippen molar-refractivity contribution in [3.05, 3.63) is 53.6 Å². The zero-order chi connectivity index (χ0) is 23.5. The van der Waals surface area contributed by atoms with Crippen LogP contribution in [-0.2, 0) is 20.3 Å². The van der Waals surface area contributed by atoms with E-state index in [9.17, 15) is 26.8 Å². The summed E-state index contributed by atoms with van der Waals surface area (Å²) in [6.45, 7) is -0.417. The summed E-state index contributed by atoms with van der Waals surface area (Å²) in [6, 6.07) is 9.30. The normalized spacial score (nSPS) is 22.9. The number of fused-ring (bicyclic) bond motifs is 1. The molecule has 32 heavy (non-hydrogen) atoms. The number of hydrogen-bond donors (Lipinski definition) is 1. The van der Waals surface area contributed by atoms with Gasteiger partial charge in [-0.1, -0.05) is 6.07 Å². The Balaban J connectivity index is 1.66. The van der Waals surface area contributed by atoms with Crippen molar-refractivity contribution < 1.29 is 35.9 Å². The van der Waals surface area contributed by atoms with Gasteiger partial charge in [-0.25, -0.2) is 12.8 Å². The molecule has 0 saturated carbocycles. The first-order valence-electron chi connectivity index (χ1n) is 9.57. The zero-order valence-electron chi connectivity index (χ0n) is 17.1. The monoisotopic (exact) mass is 468 g/mol. The first-order chi connectivity index (χ1) is 14.8. The number of carbonyl (C=O) groups is 2. The summed E-state index contributed by atoms with van der Waals surface area (Å²) in [5.74, 6) is -2.13. The van der Waals surface area contributed by atoms with Crippen molar-refractivity contribution in [3.8, 4) is 5.75 Å². The van der Waals surface area contributed by atoms with E-state index >= 15 is 4.39 Å². The number of nitrogens with zero attached hydrogens (tertiary/aromatic N) is 1. The molecule has 0 unspecified atom stereocenters. The van der Waals surface area contributed by atoms with E-state index in [4.69, 9.17) is 0 Å². The van der Waals surface area contributed by atoms with Gasteiger partial charge < -0.3 is 10.1 Å². The topological polar surface area (TPSA) is 92.8 Å². The Kier molecular flexibility index (Phi) is 5.00. The molecule has 2 aliphatic heterocycles. The smallest absolute Gasteiger partial charge is 0.387 e. The molecule has 170 valence electrons. The van der Waals surface area contributed by atoms with E-state index in [1.807, 2.05) is 0 Å². The lowest BCUT2D eigenvalue weighted by molar-refractivity contribution is -0.127. The van der Waals surface area contributed by atoms with Crippen LogP contribution in [0.4, 0.5) is 24.5 Å². The minimum absolute atomic E-state index is 0.0579. The fourth-order valence-electron chi connectivity index (χ4n) is 4.08. The summed E-state index contributed by atoms with van der Waals surface area (Å²) in [7, 11) is -3.18. The van der Waals surface area contributed by atoms with Gasteiger partial charge in [0.25, 0.3) is 11.8 Å². The van der Waals surface area contributed by atoms with E-state index in [1.54, 1.807) is 6.92 Å². The maximum absolute atomic E-state index is 15.5. The Hall–Kier alpha value is -3.08. The van der Waals surface area contributed by atoms with Crippen LogP contribution in [0.3, 0.4) is 0 Å². The number of anilines is 2. The summed E-state index contributed by atoms with van der Waals surface area (Å²) in [6.07, 6.45) is 0. The molecule has 0 aromatic heterocycles. The van der Waals surface area contributed by atoms with Crippen molar-refractivity contribution in [2.24, 2.45) is 0 Å². The fourth-order valence-corrected chi connectivity index (χ4v) is 6.09. The predicted octanol–water partition coefficient (Wildman–Crippen LogP) is 3.07. The first kappa shape index (κ1) is 22.1. The van der Waals surface area contributed by atoms with Crippen LogP contribution in [-0.4, -0.2) is 43.9 Å². The van der Waals surface area contributed by atoms with Crippen LogP contribution in [0.2, 0.25) is 0 Å². The average Bonchev–Trinajstić information content (AvgIpc) is 2.85. The van der Waals surface area contributed by atoms with Crippen molar-refractivity contribution in [2.75, 3.05) is 16.4 Å². The molecule has 0 spiro atoms. The van der Waals surface area contributed by atoms with Crippen LogP contribution in [0.1, 0.15) is 29.8 Å². The lowest BCUT2D eigenvalue weighted by Crippen LogP contribution is -2.63. The van der Waals surface area contributed by atoms with Gasteiger partial charge in [-0.15, -0.1) is 0 Å². The summed E-state index contributed by atoms with van der Waals surface area (Å²) in [5, 5.41) is 2.64. The van der Waals surface area contributed by atoms with E-state index < -0.39 is 39.5 Å². The number of hydrogen-bond acceptors (Lipinski definition) is 5. The fraction of sp³-hybridized carbons (Fsp3) is 0.333. The quantitative estimate of drug-likeness (QED) is 0.728. The summed E-state index contributed by atoms with van der Waals surface area (Å²) in [4.78, 5) is 26.5. The average molecular weight is 468 g/mol. The lowest BCUT2D eigenvalue weighted by atomic mass is 9.97. The summed E-state index contributed by atoms with van der Waals surface area (Å²) >= 11 is 0. The molecule has 0 radical (unpaired) electrons. The van der Waals surface area contributed by atoms with Crippen LogP contribution >= 0.6 is 0 Å². The number of halogens is 3. The molecule has 1 atom stereocenters. The number of ether oxygens (including phenoxy) is 1. The van der Waals surface area contributed by atoms with Gasteiger partial charge in [0.15, 0.2) is 9.84 Å². The zero-order valence-corrected chi connectivity index (χ0v) is 17.9. The highest BCUT2D eigenvalue weighted by molar-refractivity contribution is 7.93. The third-order valence-electron chi connectivity index (χ3n) is 5.40. The molecular formula is C21H19F3N2O5S. The Morgan fingerprint density at radius 1 is 1.16 bits per heavy atom. The van der Waals surface area contributed by atoms with Gasteiger partial charge in [0.05, 0.1) is 28.4 Å². The second-order valence-electron chi connectivity index (χ2n) is 8.30. The highest BCUT2D eigenvalue weighted by Gasteiger charge is 2.50. The minimum atomic E-state index is -3.18. The largest absolute Gasteiger partial charge is 0.435 e. The third-order valence-corrected chi connectivity index (χ3v) is 7.56. The molecule has 1 fully saturated rings. The molecular weight excluding hydrogens is 449 g/mol. The number of nitrogens with one attached hydrogen (secondary N) is 1. The summed E-state index contributed by atoms with van der Waals surface area (Å²) < 4.78 is 67.8. The molecule has 1 N–H and O–H groups in total. The number of rotatable bonds is 5. The molecule has 11 heteroatoms. The number of alkyl halides is 3. The molecule has 0 bridgehead atoms. The van der Waals surface area contributed by atoms with Crippen molar-refractivity contribution in [3.63, 3.8) is 0 Å². The first-order valence-corrected chi connectivity index (χ1v) is 11.4. The van der Waals surface area contributed by atoms with Crippen LogP contribution in [0, 0.1) is 0 Å². The molecule has 0 aliphatic carbocycles. The van der Waals surface area contributed by atoms with Gasteiger partial charge in [-0.3, -0.25) is 14.5 Å². The highest BCUT2D eigenvalue weighted by Crippen LogP contribution is 2.47. The number of carbonyl (C=O) groups excluding carboxylic acids is 2. The molecule has 1 saturated heterocycles. The van der Waals surface area contributed by atoms with E-state index in [-0.39, 0.29) is 39.8 Å². The Morgan fingerprint density at radius 3 is 2.47 bits per heavy atom. The van der Waals surface area contributed by atoms with Gasteiger partial charge in [-0.2, -0.15) is 8.78 Å². The van der Waals surface area contributed by atoms with Crippen LogP contribution < -0.4 is 15.0 Å². The Bertz CT molecular complexity index is 1220. The van der Waals surface area contributed by atoms with Crippen molar-refractivity contribution in [2.45, 2.75) is 31.7 Å². The Morgan fingerprint density at radius 2 is 1.84 bits per heavy atom. The van der Waals surface area contributed by atoms with E-state index in [0.29, 0.717) is 0 Å². The van der Waals surface area contributed by atoms with E-state index in [2.05, 4.69) is 10.1 Å². The number of amides is 2. The number of benzene rings is 2. The number of sulfone groups is 1. The van der Waals surface area contributed by atoms with Crippen LogP contribution in [0.5, 0.6) is 5.75 Å². The molecule has 2 aromatic rings. The highest BCUT2D eigenvalue weighted by atomic mass is 32.2. The van der Waals surface area contributed by atoms with Crippen molar-refractivity contribution in [1.82, 2.24) is 5.32 Å². The molecule has 2 heterocycles. The molecule has 2 aromatic carbocycles. The third kappa shape index (κ3) is 3.81. The van der Waals surface area contributed by atoms with Gasteiger partial charge in [-0.05, 0) is 44.2 Å². The van der Waals surface area contributed by atoms with E-state index in [0.717, 1.165) is 11.8 Å².